The van der Waals surface area contributed by atoms with E-state index in [0.29, 0.717) is 17.8 Å². The lowest BCUT2D eigenvalue weighted by Crippen LogP contribution is -2.20. The number of hydrogen-bond donors (Lipinski definition) is 2. The van der Waals surface area contributed by atoms with Crippen LogP contribution < -0.4 is 0 Å². The maximum Gasteiger partial charge on any atom is 0.328 e. The van der Waals surface area contributed by atoms with Crippen molar-refractivity contribution < 1.29 is 19.8 Å². The average Bonchev–Trinajstić information content (AvgIpc) is 2.59. The average molecular weight is 241 g/mol. The van der Waals surface area contributed by atoms with Crippen LogP contribution >= 0.6 is 0 Å². The summed E-state index contributed by atoms with van der Waals surface area (Å²) in [5.41, 5.74) is 1.15. The molecule has 0 aliphatic rings. The van der Waals surface area contributed by atoms with Gasteiger partial charge in [-0.2, -0.15) is 0 Å². The lowest BCUT2D eigenvalue weighted by Gasteiger charge is -2.11. The largest absolute Gasteiger partial charge is 0.481 e. The van der Waals surface area contributed by atoms with Crippen LogP contribution in [-0.4, -0.2) is 37.1 Å². The van der Waals surface area contributed by atoms with Gasteiger partial charge in [-0.1, -0.05) is 12.1 Å². The van der Waals surface area contributed by atoms with Gasteiger partial charge in [0.05, 0.1) is 17.8 Å². The molecule has 0 fully saturated rings. The second-order valence-corrected chi connectivity index (χ2v) is 3.72. The molecular weight excluding hydrogens is 226 g/mol. The first-order valence-electron chi connectivity index (χ1n) is 5.32. The molecule has 0 spiro atoms. The third-order valence-corrected chi connectivity index (χ3v) is 2.57. The summed E-state index contributed by atoms with van der Waals surface area (Å²) >= 11 is 0. The fraction of sp³-hybridized carbons (Fsp3) is 0.600. The van der Waals surface area contributed by atoms with Crippen molar-refractivity contribution in [2.45, 2.75) is 39.2 Å². The topological polar surface area (TPSA) is 105 Å². The lowest BCUT2D eigenvalue weighted by atomic mass is 10.2. The molecule has 0 aliphatic heterocycles. The number of carbonyl (C=O) groups is 2. The van der Waals surface area contributed by atoms with Gasteiger partial charge in [-0.25, -0.2) is 9.48 Å². The van der Waals surface area contributed by atoms with E-state index >= 15 is 0 Å². The number of nitrogens with zero attached hydrogens (tertiary/aromatic N) is 3. The van der Waals surface area contributed by atoms with Gasteiger partial charge in [0, 0.05) is 6.42 Å². The molecule has 1 aromatic rings. The summed E-state index contributed by atoms with van der Waals surface area (Å²) < 4.78 is 1.33. The SMILES string of the molecule is CCC(C(=O)O)n1nnc(CCC(=O)O)c1C. The molecule has 7 nitrogen and oxygen atoms in total. The van der Waals surface area contributed by atoms with Crippen molar-refractivity contribution in [3.05, 3.63) is 11.4 Å². The zero-order valence-corrected chi connectivity index (χ0v) is 9.75. The molecule has 1 rings (SSSR count). The van der Waals surface area contributed by atoms with E-state index in [0.717, 1.165) is 0 Å². The molecule has 0 aromatic carbocycles. The van der Waals surface area contributed by atoms with Gasteiger partial charge in [0.2, 0.25) is 0 Å². The van der Waals surface area contributed by atoms with Crippen LogP contribution in [0.3, 0.4) is 0 Å². The third kappa shape index (κ3) is 3.02. The van der Waals surface area contributed by atoms with Gasteiger partial charge in [0.15, 0.2) is 6.04 Å². The molecule has 7 heteroatoms. The van der Waals surface area contributed by atoms with Crippen LogP contribution in [0.15, 0.2) is 0 Å². The summed E-state index contributed by atoms with van der Waals surface area (Å²) in [6.45, 7) is 3.44. The van der Waals surface area contributed by atoms with Crippen molar-refractivity contribution in [2.24, 2.45) is 0 Å². The van der Waals surface area contributed by atoms with Gasteiger partial charge in [0.25, 0.3) is 0 Å². The molecule has 1 heterocycles. The molecule has 0 saturated carbocycles. The van der Waals surface area contributed by atoms with Gasteiger partial charge < -0.3 is 10.2 Å². The molecule has 94 valence electrons. The smallest absolute Gasteiger partial charge is 0.328 e. The van der Waals surface area contributed by atoms with Crippen molar-refractivity contribution in [2.75, 3.05) is 0 Å². The van der Waals surface area contributed by atoms with Crippen molar-refractivity contribution in [1.29, 1.82) is 0 Å². The Hall–Kier alpha value is -1.92. The monoisotopic (exact) mass is 241 g/mol. The number of carboxylic acid groups (broad SMARTS) is 2. The minimum atomic E-state index is -0.967. The predicted octanol–water partition coefficient (Wildman–Crippen LogP) is 0.639. The number of carboxylic acids is 2. The number of aryl methyl sites for hydroxylation is 1. The van der Waals surface area contributed by atoms with Crippen molar-refractivity contribution in [3.8, 4) is 0 Å². The molecule has 0 bridgehead atoms. The highest BCUT2D eigenvalue weighted by molar-refractivity contribution is 5.71. The van der Waals surface area contributed by atoms with Gasteiger partial charge in [-0.05, 0) is 13.3 Å². The molecule has 1 unspecified atom stereocenters. The maximum absolute atomic E-state index is 11.0. The van der Waals surface area contributed by atoms with E-state index in [-0.39, 0.29) is 12.8 Å². The Labute approximate surface area is 98.1 Å². The predicted molar refractivity (Wildman–Crippen MR) is 57.7 cm³/mol. The van der Waals surface area contributed by atoms with Crippen LogP contribution in [-0.2, 0) is 16.0 Å². The van der Waals surface area contributed by atoms with Crippen LogP contribution in [0.4, 0.5) is 0 Å². The molecular formula is C10H15N3O4. The molecule has 1 atom stereocenters. The van der Waals surface area contributed by atoms with Gasteiger partial charge in [-0.15, -0.1) is 5.10 Å². The van der Waals surface area contributed by atoms with Crippen LogP contribution in [0.1, 0.15) is 37.2 Å². The van der Waals surface area contributed by atoms with E-state index in [1.807, 2.05) is 0 Å². The number of hydrogen-bond acceptors (Lipinski definition) is 4. The summed E-state index contributed by atoms with van der Waals surface area (Å²) in [6.07, 6.45) is 0.624. The zero-order valence-electron chi connectivity index (χ0n) is 9.75. The van der Waals surface area contributed by atoms with Gasteiger partial charge in [0.1, 0.15) is 0 Å². The minimum absolute atomic E-state index is 0.0383. The fourth-order valence-electron chi connectivity index (χ4n) is 1.58. The Morgan fingerprint density at radius 3 is 2.53 bits per heavy atom. The molecule has 1 aromatic heterocycles. The van der Waals surface area contributed by atoms with E-state index in [9.17, 15) is 9.59 Å². The molecule has 0 radical (unpaired) electrons. The van der Waals surface area contributed by atoms with E-state index in [1.165, 1.54) is 4.68 Å². The normalized spacial score (nSPS) is 12.4. The Morgan fingerprint density at radius 1 is 1.41 bits per heavy atom. The summed E-state index contributed by atoms with van der Waals surface area (Å²) in [4.78, 5) is 21.4. The van der Waals surface area contributed by atoms with Crippen LogP contribution in [0.5, 0.6) is 0 Å². The Kier molecular flexibility index (Phi) is 4.19. The van der Waals surface area contributed by atoms with Crippen molar-refractivity contribution in [3.63, 3.8) is 0 Å². The highest BCUT2D eigenvalue weighted by Crippen LogP contribution is 2.15. The van der Waals surface area contributed by atoms with Crippen molar-refractivity contribution >= 4 is 11.9 Å². The molecule has 17 heavy (non-hydrogen) atoms. The first kappa shape index (κ1) is 13.1. The van der Waals surface area contributed by atoms with E-state index in [2.05, 4.69) is 10.3 Å². The summed E-state index contributed by atoms with van der Waals surface area (Å²) in [5, 5.41) is 25.2. The molecule has 0 aliphatic carbocycles. The third-order valence-electron chi connectivity index (χ3n) is 2.57. The Balaban J connectivity index is 2.89. The Morgan fingerprint density at radius 2 is 2.06 bits per heavy atom. The summed E-state index contributed by atoms with van der Waals surface area (Å²) in [7, 11) is 0. The summed E-state index contributed by atoms with van der Waals surface area (Å²) in [5.74, 6) is -1.88. The molecule has 0 saturated heterocycles. The highest BCUT2D eigenvalue weighted by Gasteiger charge is 2.22. The molecule has 0 amide bonds. The van der Waals surface area contributed by atoms with E-state index in [4.69, 9.17) is 10.2 Å². The fourth-order valence-corrected chi connectivity index (χ4v) is 1.58. The van der Waals surface area contributed by atoms with Crippen LogP contribution in [0.2, 0.25) is 0 Å². The second kappa shape index (κ2) is 5.42. The summed E-state index contributed by atoms with van der Waals surface area (Å²) in [6, 6.07) is -0.749. The highest BCUT2D eigenvalue weighted by atomic mass is 16.4. The van der Waals surface area contributed by atoms with E-state index in [1.54, 1.807) is 13.8 Å². The Bertz CT molecular complexity index is 427. The van der Waals surface area contributed by atoms with Gasteiger partial charge >= 0.3 is 11.9 Å². The maximum atomic E-state index is 11.0. The first-order valence-corrected chi connectivity index (χ1v) is 5.32. The van der Waals surface area contributed by atoms with Gasteiger partial charge in [-0.3, -0.25) is 4.79 Å². The number of rotatable bonds is 6. The second-order valence-electron chi connectivity index (χ2n) is 3.72. The minimum Gasteiger partial charge on any atom is -0.481 e. The number of aliphatic carboxylic acids is 2. The van der Waals surface area contributed by atoms with E-state index < -0.39 is 18.0 Å². The number of aromatic nitrogens is 3. The standard InChI is InChI=1S/C10H15N3O4/c1-3-8(10(16)17)13-6(2)7(11-12-13)4-5-9(14)15/h8H,3-5H2,1-2H3,(H,14,15)(H,16,17). The van der Waals surface area contributed by atoms with Crippen LogP contribution in [0.25, 0.3) is 0 Å². The van der Waals surface area contributed by atoms with Crippen LogP contribution in [0, 0.1) is 6.92 Å². The quantitative estimate of drug-likeness (QED) is 0.757. The van der Waals surface area contributed by atoms with Crippen molar-refractivity contribution in [1.82, 2.24) is 15.0 Å². The zero-order chi connectivity index (χ0) is 13.0. The lowest BCUT2D eigenvalue weighted by molar-refractivity contribution is -0.141. The molecule has 2 N–H and O–H groups in total. The first-order chi connectivity index (χ1) is 7.97.